The van der Waals surface area contributed by atoms with E-state index in [-0.39, 0.29) is 35.0 Å². The summed E-state index contributed by atoms with van der Waals surface area (Å²) >= 11 is 0. The molecule has 5 N–H and O–H groups in total. The molecule has 1 spiro atoms. The number of aliphatic hydroxyl groups is 2. The minimum atomic E-state index is -0.835. The monoisotopic (exact) mass is 303 g/mol. The van der Waals surface area contributed by atoms with Crippen molar-refractivity contribution in [2.45, 2.75) is 43.6 Å². The summed E-state index contributed by atoms with van der Waals surface area (Å²) in [5, 5.41) is 31.3. The maximum absolute atomic E-state index is 11.6. The van der Waals surface area contributed by atoms with Crippen molar-refractivity contribution in [1.82, 2.24) is 0 Å². The van der Waals surface area contributed by atoms with Gasteiger partial charge < -0.3 is 21.1 Å². The Bertz CT molecular complexity index is 633. The van der Waals surface area contributed by atoms with Crippen molar-refractivity contribution in [3.8, 4) is 5.75 Å². The predicted octanol–water partition coefficient (Wildman–Crippen LogP) is 1.30. The third-order valence-corrected chi connectivity index (χ3v) is 7.17. The van der Waals surface area contributed by atoms with E-state index in [2.05, 4.69) is 6.92 Å². The van der Waals surface area contributed by atoms with Gasteiger partial charge in [-0.3, -0.25) is 0 Å². The lowest BCUT2D eigenvalue weighted by molar-refractivity contribution is -0.0439. The SMILES string of the molecule is CC1C2(CN)Cc3ccc(O)cc3C3(CC(CO)CC13O)C2. The van der Waals surface area contributed by atoms with Gasteiger partial charge in [0.1, 0.15) is 5.75 Å². The molecule has 3 aliphatic rings. The second-order valence-electron chi connectivity index (χ2n) is 7.95. The fraction of sp³-hybridized carbons (Fsp3) is 0.667. The van der Waals surface area contributed by atoms with Crippen LogP contribution in [0.5, 0.6) is 5.75 Å². The van der Waals surface area contributed by atoms with E-state index < -0.39 is 5.60 Å². The van der Waals surface area contributed by atoms with Gasteiger partial charge in [0.05, 0.1) is 5.60 Å². The molecule has 0 aromatic heterocycles. The number of phenolic OH excluding ortho intramolecular Hbond substituents is 1. The Morgan fingerprint density at radius 2 is 2.09 bits per heavy atom. The van der Waals surface area contributed by atoms with Gasteiger partial charge in [-0.25, -0.2) is 0 Å². The molecule has 1 aromatic rings. The first-order chi connectivity index (χ1) is 10.4. The average Bonchev–Trinajstić information content (AvgIpc) is 2.87. The number of nitrogens with two attached hydrogens (primary N) is 1. The van der Waals surface area contributed by atoms with E-state index >= 15 is 0 Å². The van der Waals surface area contributed by atoms with Crippen LogP contribution < -0.4 is 5.73 Å². The average molecular weight is 303 g/mol. The van der Waals surface area contributed by atoms with Gasteiger partial charge in [0, 0.05) is 12.0 Å². The van der Waals surface area contributed by atoms with E-state index in [0.29, 0.717) is 13.0 Å². The Morgan fingerprint density at radius 3 is 2.77 bits per heavy atom. The van der Waals surface area contributed by atoms with Crippen LogP contribution in [0.3, 0.4) is 0 Å². The largest absolute Gasteiger partial charge is 0.508 e. The summed E-state index contributed by atoms with van der Waals surface area (Å²) in [5.41, 5.74) is 7.18. The highest BCUT2D eigenvalue weighted by Gasteiger charge is 2.72. The van der Waals surface area contributed by atoms with Crippen LogP contribution in [-0.4, -0.2) is 34.1 Å². The first-order valence-corrected chi connectivity index (χ1v) is 8.26. The summed E-state index contributed by atoms with van der Waals surface area (Å²) in [6.45, 7) is 2.81. The smallest absolute Gasteiger partial charge is 0.115 e. The third kappa shape index (κ3) is 1.44. The Kier molecular flexibility index (Phi) is 2.80. The van der Waals surface area contributed by atoms with Gasteiger partial charge >= 0.3 is 0 Å². The molecule has 0 heterocycles. The van der Waals surface area contributed by atoms with Gasteiger partial charge in [-0.15, -0.1) is 0 Å². The predicted molar refractivity (Wildman–Crippen MR) is 83.5 cm³/mol. The number of aromatic hydroxyl groups is 1. The van der Waals surface area contributed by atoms with Crippen molar-refractivity contribution < 1.29 is 15.3 Å². The molecule has 2 saturated carbocycles. The lowest BCUT2D eigenvalue weighted by atomic mass is 9.63. The van der Waals surface area contributed by atoms with Crippen LogP contribution in [0.2, 0.25) is 0 Å². The van der Waals surface area contributed by atoms with Crippen LogP contribution in [0.4, 0.5) is 0 Å². The first-order valence-electron chi connectivity index (χ1n) is 8.26. The molecule has 0 amide bonds. The molecule has 0 radical (unpaired) electrons. The van der Waals surface area contributed by atoms with E-state index in [1.807, 2.05) is 12.1 Å². The van der Waals surface area contributed by atoms with E-state index in [9.17, 15) is 15.3 Å². The molecule has 2 bridgehead atoms. The highest BCUT2D eigenvalue weighted by atomic mass is 16.3. The summed E-state index contributed by atoms with van der Waals surface area (Å²) < 4.78 is 0. The maximum atomic E-state index is 11.6. The van der Waals surface area contributed by atoms with Crippen molar-refractivity contribution in [2.75, 3.05) is 13.2 Å². The summed E-state index contributed by atoms with van der Waals surface area (Å²) in [5.74, 6) is 0.468. The molecular formula is C18H25NO3. The van der Waals surface area contributed by atoms with Crippen LogP contribution in [0.25, 0.3) is 0 Å². The minimum absolute atomic E-state index is 0.0703. The minimum Gasteiger partial charge on any atom is -0.508 e. The van der Waals surface area contributed by atoms with E-state index in [1.165, 1.54) is 5.56 Å². The fourth-order valence-electron chi connectivity index (χ4n) is 6.10. The van der Waals surface area contributed by atoms with E-state index in [0.717, 1.165) is 24.8 Å². The second kappa shape index (κ2) is 4.25. The van der Waals surface area contributed by atoms with Gasteiger partial charge in [0.25, 0.3) is 0 Å². The summed E-state index contributed by atoms with van der Waals surface area (Å²) in [4.78, 5) is 0. The number of phenols is 1. The highest BCUT2D eigenvalue weighted by molar-refractivity contribution is 5.50. The molecule has 22 heavy (non-hydrogen) atoms. The highest BCUT2D eigenvalue weighted by Crippen LogP contribution is 2.71. The summed E-state index contributed by atoms with van der Waals surface area (Å²) in [6.07, 6.45) is 3.14. The van der Waals surface area contributed by atoms with Gasteiger partial charge in [0.2, 0.25) is 0 Å². The zero-order chi connectivity index (χ0) is 15.8. The molecule has 5 atom stereocenters. The van der Waals surface area contributed by atoms with Crippen molar-refractivity contribution >= 4 is 0 Å². The molecule has 4 nitrogen and oxygen atoms in total. The Hall–Kier alpha value is -1.10. The van der Waals surface area contributed by atoms with Crippen LogP contribution in [0, 0.1) is 17.3 Å². The number of hydrogen-bond acceptors (Lipinski definition) is 4. The molecule has 120 valence electrons. The van der Waals surface area contributed by atoms with Crippen molar-refractivity contribution in [2.24, 2.45) is 23.0 Å². The number of hydrogen-bond donors (Lipinski definition) is 4. The van der Waals surface area contributed by atoms with Crippen LogP contribution >= 0.6 is 0 Å². The molecule has 5 unspecified atom stereocenters. The van der Waals surface area contributed by atoms with E-state index in [4.69, 9.17) is 5.73 Å². The molecular weight excluding hydrogens is 278 g/mol. The number of benzene rings is 1. The number of rotatable bonds is 2. The van der Waals surface area contributed by atoms with Crippen molar-refractivity contribution in [3.05, 3.63) is 29.3 Å². The molecule has 4 rings (SSSR count). The standard InChI is InChI=1S/C18H25NO3/c1-11-16(10-19)7-13-2-3-14(21)4-15(13)17(9-16)5-12(8-20)6-18(11,17)22/h2-4,11-12,20-22H,5-10,19H2,1H3. The molecule has 0 aliphatic heterocycles. The fourth-order valence-corrected chi connectivity index (χ4v) is 6.10. The maximum Gasteiger partial charge on any atom is 0.115 e. The lowest BCUT2D eigenvalue weighted by Crippen LogP contribution is -2.46. The molecule has 3 aliphatic carbocycles. The van der Waals surface area contributed by atoms with Gasteiger partial charge in [-0.2, -0.15) is 0 Å². The van der Waals surface area contributed by atoms with Crippen LogP contribution in [0.1, 0.15) is 37.3 Å². The Morgan fingerprint density at radius 1 is 1.32 bits per heavy atom. The topological polar surface area (TPSA) is 86.7 Å². The molecule has 4 heteroatoms. The lowest BCUT2D eigenvalue weighted by Gasteiger charge is -2.42. The quantitative estimate of drug-likeness (QED) is 0.663. The summed E-state index contributed by atoms with van der Waals surface area (Å²) in [6, 6.07) is 5.55. The van der Waals surface area contributed by atoms with Gasteiger partial charge in [-0.1, -0.05) is 13.0 Å². The third-order valence-electron chi connectivity index (χ3n) is 7.17. The number of fused-ring (bicyclic) bond motifs is 2. The normalized spacial score (nSPS) is 45.6. The molecule has 2 fully saturated rings. The first kappa shape index (κ1) is 14.5. The number of aliphatic hydroxyl groups excluding tert-OH is 1. The van der Waals surface area contributed by atoms with Gasteiger partial charge in [-0.05, 0) is 72.7 Å². The Balaban J connectivity index is 1.97. The molecule has 1 aromatic carbocycles. The van der Waals surface area contributed by atoms with Gasteiger partial charge in [0.15, 0.2) is 0 Å². The summed E-state index contributed by atoms with van der Waals surface area (Å²) in [7, 11) is 0. The Labute approximate surface area is 131 Å². The van der Waals surface area contributed by atoms with Crippen molar-refractivity contribution in [1.29, 1.82) is 0 Å². The van der Waals surface area contributed by atoms with Crippen LogP contribution in [0.15, 0.2) is 18.2 Å². The van der Waals surface area contributed by atoms with E-state index in [1.54, 1.807) is 6.07 Å². The second-order valence-corrected chi connectivity index (χ2v) is 7.95. The zero-order valence-corrected chi connectivity index (χ0v) is 13.0. The zero-order valence-electron chi connectivity index (χ0n) is 13.0. The molecule has 0 saturated heterocycles. The van der Waals surface area contributed by atoms with Crippen molar-refractivity contribution in [3.63, 3.8) is 0 Å². The van der Waals surface area contributed by atoms with Crippen LogP contribution in [-0.2, 0) is 11.8 Å².